The second kappa shape index (κ2) is 8.23. The first-order chi connectivity index (χ1) is 14.8. The number of thiophene rings is 2. The molecule has 1 aliphatic carbocycles. The molecule has 144 valence electrons. The summed E-state index contributed by atoms with van der Waals surface area (Å²) < 4.78 is 0. The molecule has 0 radical (unpaired) electrons. The maximum Gasteiger partial charge on any atom is 0.186 e. The Labute approximate surface area is 184 Å². The Morgan fingerprint density at radius 2 is 1.60 bits per heavy atom. The molecule has 5 rings (SSSR count). The number of carbonyl (C=O) groups is 1. The summed E-state index contributed by atoms with van der Waals surface area (Å²) >= 11 is 3.53. The van der Waals surface area contributed by atoms with Crippen LogP contribution in [0.15, 0.2) is 102 Å². The van der Waals surface area contributed by atoms with Gasteiger partial charge in [0.2, 0.25) is 0 Å². The molecule has 2 aromatic heterocycles. The van der Waals surface area contributed by atoms with Crippen molar-refractivity contribution in [1.29, 1.82) is 0 Å². The lowest BCUT2D eigenvalue weighted by molar-refractivity contribution is -0.109. The molecule has 1 nitrogen and oxygen atoms in total. The zero-order chi connectivity index (χ0) is 20.3. The number of benzene rings is 2. The summed E-state index contributed by atoms with van der Waals surface area (Å²) in [6, 6.07) is 27.0. The normalized spacial score (nSPS) is 14.9. The molecule has 0 bridgehead atoms. The minimum Gasteiger partial charge on any atom is -0.289 e. The van der Waals surface area contributed by atoms with E-state index in [1.165, 1.54) is 14.6 Å². The van der Waals surface area contributed by atoms with Crippen molar-refractivity contribution in [3.63, 3.8) is 0 Å². The van der Waals surface area contributed by atoms with Gasteiger partial charge in [-0.3, -0.25) is 4.79 Å². The highest BCUT2D eigenvalue weighted by Crippen LogP contribution is 2.37. The quantitative estimate of drug-likeness (QED) is 0.310. The molecule has 0 saturated heterocycles. The SMILES string of the molecule is O=C1C=Cc2ccccc2/C1=C/C=C(\c1ccccc1)c1ccc(-c2cccs2)s1. The van der Waals surface area contributed by atoms with Gasteiger partial charge >= 0.3 is 0 Å². The van der Waals surface area contributed by atoms with E-state index >= 15 is 0 Å². The predicted octanol–water partition coefficient (Wildman–Crippen LogP) is 7.59. The largest absolute Gasteiger partial charge is 0.289 e. The summed E-state index contributed by atoms with van der Waals surface area (Å²) in [4.78, 5) is 16.3. The Hall–Kier alpha value is -3.27. The van der Waals surface area contributed by atoms with Crippen molar-refractivity contribution in [3.8, 4) is 9.75 Å². The first-order valence-electron chi connectivity index (χ1n) is 9.73. The van der Waals surface area contributed by atoms with Gasteiger partial charge in [0, 0.05) is 20.2 Å². The van der Waals surface area contributed by atoms with Crippen molar-refractivity contribution in [2.24, 2.45) is 0 Å². The van der Waals surface area contributed by atoms with E-state index in [0.29, 0.717) is 0 Å². The predicted molar refractivity (Wildman–Crippen MR) is 130 cm³/mol. The van der Waals surface area contributed by atoms with Crippen LogP contribution in [-0.4, -0.2) is 5.78 Å². The fourth-order valence-corrected chi connectivity index (χ4v) is 5.47. The van der Waals surface area contributed by atoms with Crippen LogP contribution in [0.3, 0.4) is 0 Å². The summed E-state index contributed by atoms with van der Waals surface area (Å²) in [6.45, 7) is 0. The monoisotopic (exact) mass is 422 g/mol. The molecule has 1 aliphatic rings. The van der Waals surface area contributed by atoms with Crippen LogP contribution in [0.25, 0.3) is 27.0 Å². The van der Waals surface area contributed by atoms with E-state index in [2.05, 4.69) is 47.9 Å². The average Bonchev–Trinajstić information content (AvgIpc) is 3.48. The van der Waals surface area contributed by atoms with Crippen LogP contribution in [0, 0.1) is 0 Å². The average molecular weight is 423 g/mol. The maximum atomic E-state index is 12.6. The highest BCUT2D eigenvalue weighted by Gasteiger charge is 2.16. The lowest BCUT2D eigenvalue weighted by Gasteiger charge is -2.12. The summed E-state index contributed by atoms with van der Waals surface area (Å²) in [5, 5.41) is 2.10. The minimum atomic E-state index is 0.0443. The molecule has 0 amide bonds. The molecular formula is C27H18OS2. The van der Waals surface area contributed by atoms with E-state index in [1.807, 2.05) is 54.6 Å². The van der Waals surface area contributed by atoms with Gasteiger partial charge in [0.05, 0.1) is 0 Å². The number of rotatable bonds is 4. The van der Waals surface area contributed by atoms with E-state index in [-0.39, 0.29) is 5.78 Å². The first-order valence-corrected chi connectivity index (χ1v) is 11.4. The van der Waals surface area contributed by atoms with Crippen molar-refractivity contribution >= 4 is 45.7 Å². The second-order valence-corrected chi connectivity index (χ2v) is 8.98. The highest BCUT2D eigenvalue weighted by molar-refractivity contribution is 7.21. The molecule has 0 atom stereocenters. The lowest BCUT2D eigenvalue weighted by Crippen LogP contribution is -2.04. The zero-order valence-corrected chi connectivity index (χ0v) is 17.8. The summed E-state index contributed by atoms with van der Waals surface area (Å²) in [5.41, 5.74) is 5.06. The van der Waals surface area contributed by atoms with Gasteiger partial charge < -0.3 is 0 Å². The van der Waals surface area contributed by atoms with Crippen LogP contribution >= 0.6 is 22.7 Å². The van der Waals surface area contributed by atoms with Crippen LogP contribution in [0.2, 0.25) is 0 Å². The third-order valence-corrected chi connectivity index (χ3v) is 7.25. The summed E-state index contributed by atoms with van der Waals surface area (Å²) in [7, 11) is 0. The van der Waals surface area contributed by atoms with Gasteiger partial charge in [0.25, 0.3) is 0 Å². The molecule has 0 spiro atoms. The smallest absolute Gasteiger partial charge is 0.186 e. The summed E-state index contributed by atoms with van der Waals surface area (Å²) in [5.74, 6) is 0.0443. The molecule has 30 heavy (non-hydrogen) atoms. The van der Waals surface area contributed by atoms with Gasteiger partial charge in [-0.05, 0) is 58.0 Å². The zero-order valence-electron chi connectivity index (χ0n) is 16.1. The highest BCUT2D eigenvalue weighted by atomic mass is 32.1. The van der Waals surface area contributed by atoms with E-state index in [0.717, 1.165) is 27.8 Å². The van der Waals surface area contributed by atoms with E-state index in [9.17, 15) is 4.79 Å². The third-order valence-electron chi connectivity index (χ3n) is 5.07. The van der Waals surface area contributed by atoms with Crippen LogP contribution in [0.1, 0.15) is 21.6 Å². The van der Waals surface area contributed by atoms with Gasteiger partial charge in [-0.25, -0.2) is 0 Å². The fourth-order valence-electron chi connectivity index (χ4n) is 3.59. The molecule has 0 saturated carbocycles. The number of hydrogen-bond donors (Lipinski definition) is 0. The Balaban J connectivity index is 1.61. The van der Waals surface area contributed by atoms with Gasteiger partial charge in [-0.2, -0.15) is 0 Å². The molecule has 2 aromatic carbocycles. The minimum absolute atomic E-state index is 0.0443. The van der Waals surface area contributed by atoms with E-state index in [4.69, 9.17) is 0 Å². The molecule has 3 heteroatoms. The van der Waals surface area contributed by atoms with Crippen LogP contribution in [0.5, 0.6) is 0 Å². The molecule has 0 fully saturated rings. The van der Waals surface area contributed by atoms with Crippen molar-refractivity contribution in [1.82, 2.24) is 0 Å². The number of carbonyl (C=O) groups excluding carboxylic acids is 1. The van der Waals surface area contributed by atoms with Crippen molar-refractivity contribution in [3.05, 3.63) is 124 Å². The molecule has 2 heterocycles. The van der Waals surface area contributed by atoms with Crippen molar-refractivity contribution in [2.75, 3.05) is 0 Å². The van der Waals surface area contributed by atoms with Gasteiger partial charge in [0.1, 0.15) is 0 Å². The number of hydrogen-bond acceptors (Lipinski definition) is 3. The van der Waals surface area contributed by atoms with E-state index < -0.39 is 0 Å². The Morgan fingerprint density at radius 1 is 0.767 bits per heavy atom. The van der Waals surface area contributed by atoms with Crippen LogP contribution in [-0.2, 0) is 4.79 Å². The Kier molecular flexibility index (Phi) is 5.14. The topological polar surface area (TPSA) is 17.1 Å². The van der Waals surface area contributed by atoms with Crippen molar-refractivity contribution < 1.29 is 4.79 Å². The fraction of sp³-hybridized carbons (Fsp3) is 0. The standard InChI is InChI=1S/C27H18OS2/c28-24-15-12-20-9-4-5-10-21(20)23(24)14-13-22(19-7-2-1-3-8-19)25-16-17-27(30-25)26-11-6-18-29-26/h1-18H/b22-13+,23-14-. The number of ketones is 1. The van der Waals surface area contributed by atoms with E-state index in [1.54, 1.807) is 28.7 Å². The summed E-state index contributed by atoms with van der Waals surface area (Å²) in [6.07, 6.45) is 7.60. The van der Waals surface area contributed by atoms with Crippen molar-refractivity contribution in [2.45, 2.75) is 0 Å². The molecule has 0 aliphatic heterocycles. The van der Waals surface area contributed by atoms with Gasteiger partial charge in [0.15, 0.2) is 5.78 Å². The third kappa shape index (κ3) is 3.65. The maximum absolute atomic E-state index is 12.6. The molecule has 0 N–H and O–H groups in total. The van der Waals surface area contributed by atoms with Crippen LogP contribution in [0.4, 0.5) is 0 Å². The van der Waals surface area contributed by atoms with Crippen LogP contribution < -0.4 is 0 Å². The lowest BCUT2D eigenvalue weighted by atomic mass is 9.90. The number of allylic oxidation sites excluding steroid dienone is 4. The molecular weight excluding hydrogens is 404 g/mol. The first kappa shape index (κ1) is 18.7. The molecule has 0 unspecified atom stereocenters. The second-order valence-electron chi connectivity index (χ2n) is 6.95. The van der Waals surface area contributed by atoms with Gasteiger partial charge in [-0.1, -0.05) is 72.8 Å². The molecule has 4 aromatic rings. The van der Waals surface area contributed by atoms with Gasteiger partial charge in [-0.15, -0.1) is 22.7 Å². The number of fused-ring (bicyclic) bond motifs is 1. The Bertz CT molecular complexity index is 1290. The Morgan fingerprint density at radius 3 is 2.43 bits per heavy atom.